The van der Waals surface area contributed by atoms with Gasteiger partial charge in [0.2, 0.25) is 0 Å². The van der Waals surface area contributed by atoms with Gasteiger partial charge in [0.15, 0.2) is 11.6 Å². The molecule has 0 atom stereocenters. The van der Waals surface area contributed by atoms with E-state index in [9.17, 15) is 27.1 Å². The predicted octanol–water partition coefficient (Wildman–Crippen LogP) is 4.30. The highest BCUT2D eigenvalue weighted by atomic mass is 19.4. The van der Waals surface area contributed by atoms with Crippen molar-refractivity contribution < 1.29 is 27.1 Å². The van der Waals surface area contributed by atoms with Gasteiger partial charge in [0.25, 0.3) is 0 Å². The van der Waals surface area contributed by atoms with Crippen LogP contribution in [0.15, 0.2) is 36.4 Å². The molecule has 0 radical (unpaired) electrons. The van der Waals surface area contributed by atoms with E-state index in [4.69, 9.17) is 0 Å². The summed E-state index contributed by atoms with van der Waals surface area (Å²) < 4.78 is 64.2. The summed E-state index contributed by atoms with van der Waals surface area (Å²) >= 11 is 0. The van der Waals surface area contributed by atoms with Crippen LogP contribution in [0.25, 0.3) is 0 Å². The number of aromatic hydroxyl groups is 1. The zero-order valence-corrected chi connectivity index (χ0v) is 10.5. The number of hydrogen-bond acceptors (Lipinski definition) is 2. The summed E-state index contributed by atoms with van der Waals surface area (Å²) in [7, 11) is 0. The number of nitrogens with one attached hydrogen (secondary N) is 1. The summed E-state index contributed by atoms with van der Waals surface area (Å²) in [6, 6.07) is 5.66. The second-order valence-electron chi connectivity index (χ2n) is 4.29. The van der Waals surface area contributed by atoms with Crippen molar-refractivity contribution in [3.8, 4) is 5.75 Å². The van der Waals surface area contributed by atoms with E-state index in [1.807, 2.05) is 0 Å². The lowest BCUT2D eigenvalue weighted by atomic mass is 10.1. The molecule has 0 aliphatic carbocycles. The van der Waals surface area contributed by atoms with E-state index in [-0.39, 0.29) is 17.8 Å². The molecule has 0 saturated heterocycles. The first-order chi connectivity index (χ1) is 9.79. The van der Waals surface area contributed by atoms with Gasteiger partial charge in [0.1, 0.15) is 5.82 Å². The summed E-state index contributed by atoms with van der Waals surface area (Å²) in [6.07, 6.45) is -4.59. The topological polar surface area (TPSA) is 32.3 Å². The molecule has 0 heterocycles. The van der Waals surface area contributed by atoms with Crippen molar-refractivity contribution in [1.82, 2.24) is 0 Å². The molecule has 2 N–H and O–H groups in total. The SMILES string of the molecule is Oc1c(F)cccc1CNc1cc(C(F)(F)F)ccc1F. The molecule has 2 aromatic rings. The number of hydrogen-bond donors (Lipinski definition) is 2. The Hall–Kier alpha value is -2.31. The number of rotatable bonds is 3. The molecule has 0 fully saturated rings. The predicted molar refractivity (Wildman–Crippen MR) is 66.8 cm³/mol. The maximum Gasteiger partial charge on any atom is 0.416 e. The summed E-state index contributed by atoms with van der Waals surface area (Å²) in [4.78, 5) is 0. The summed E-state index contributed by atoms with van der Waals surface area (Å²) in [6.45, 7) is -0.220. The van der Waals surface area contributed by atoms with Crippen LogP contribution in [0, 0.1) is 11.6 Å². The van der Waals surface area contributed by atoms with Crippen molar-refractivity contribution in [3.63, 3.8) is 0 Å². The van der Waals surface area contributed by atoms with Crippen LogP contribution in [0.1, 0.15) is 11.1 Å². The normalized spacial score (nSPS) is 11.5. The van der Waals surface area contributed by atoms with Crippen LogP contribution >= 0.6 is 0 Å². The molecule has 0 amide bonds. The Labute approximate surface area is 116 Å². The van der Waals surface area contributed by atoms with Gasteiger partial charge in [-0.3, -0.25) is 0 Å². The van der Waals surface area contributed by atoms with E-state index in [2.05, 4.69) is 5.32 Å². The maximum atomic E-state index is 13.5. The standard InChI is InChI=1S/C14H10F5NO/c15-10-5-4-9(14(17,18)19)6-12(10)20-7-8-2-1-3-11(16)13(8)21/h1-6,20-21H,7H2. The van der Waals surface area contributed by atoms with Crippen LogP contribution < -0.4 is 5.32 Å². The number of para-hydroxylation sites is 1. The molecule has 2 aromatic carbocycles. The van der Waals surface area contributed by atoms with E-state index in [1.165, 1.54) is 12.1 Å². The third kappa shape index (κ3) is 3.42. The minimum absolute atomic E-state index is 0.104. The lowest BCUT2D eigenvalue weighted by Gasteiger charge is -2.12. The molecule has 0 aliphatic heterocycles. The number of benzene rings is 2. The fraction of sp³-hybridized carbons (Fsp3) is 0.143. The van der Waals surface area contributed by atoms with Gasteiger partial charge in [-0.15, -0.1) is 0 Å². The minimum Gasteiger partial charge on any atom is -0.505 e. The molecule has 0 spiro atoms. The molecule has 2 rings (SSSR count). The molecular formula is C14H10F5NO. The van der Waals surface area contributed by atoms with Gasteiger partial charge in [-0.1, -0.05) is 12.1 Å². The Kier molecular flexibility index (Phi) is 4.02. The maximum absolute atomic E-state index is 13.5. The van der Waals surface area contributed by atoms with Gasteiger partial charge in [-0.25, -0.2) is 8.78 Å². The largest absolute Gasteiger partial charge is 0.505 e. The third-order valence-corrected chi connectivity index (χ3v) is 2.83. The van der Waals surface area contributed by atoms with Gasteiger partial charge < -0.3 is 10.4 Å². The molecule has 0 saturated carbocycles. The van der Waals surface area contributed by atoms with E-state index in [0.29, 0.717) is 18.2 Å². The van der Waals surface area contributed by atoms with Crippen LogP contribution in [0.3, 0.4) is 0 Å². The molecular weight excluding hydrogens is 293 g/mol. The highest BCUT2D eigenvalue weighted by Crippen LogP contribution is 2.32. The van der Waals surface area contributed by atoms with Gasteiger partial charge in [-0.2, -0.15) is 13.2 Å². The molecule has 0 bridgehead atoms. The summed E-state index contributed by atoms with van der Waals surface area (Å²) in [5.74, 6) is -2.37. The fourth-order valence-electron chi connectivity index (χ4n) is 1.73. The Morgan fingerprint density at radius 3 is 2.38 bits per heavy atom. The Morgan fingerprint density at radius 1 is 1.00 bits per heavy atom. The van der Waals surface area contributed by atoms with Gasteiger partial charge in [0, 0.05) is 12.1 Å². The highest BCUT2D eigenvalue weighted by molar-refractivity contribution is 5.49. The van der Waals surface area contributed by atoms with Gasteiger partial charge >= 0.3 is 6.18 Å². The first-order valence-electron chi connectivity index (χ1n) is 5.86. The smallest absolute Gasteiger partial charge is 0.416 e. The summed E-state index contributed by atoms with van der Waals surface area (Å²) in [5.41, 5.74) is -1.28. The zero-order valence-electron chi connectivity index (χ0n) is 10.5. The average molecular weight is 303 g/mol. The fourth-order valence-corrected chi connectivity index (χ4v) is 1.73. The van der Waals surface area contributed by atoms with Crippen LogP contribution in [0.4, 0.5) is 27.6 Å². The zero-order chi connectivity index (χ0) is 15.6. The van der Waals surface area contributed by atoms with Crippen LogP contribution in [-0.2, 0) is 12.7 Å². The van der Waals surface area contributed by atoms with E-state index in [1.54, 1.807) is 0 Å². The van der Waals surface area contributed by atoms with E-state index >= 15 is 0 Å². The van der Waals surface area contributed by atoms with Crippen molar-refractivity contribution in [2.75, 3.05) is 5.32 Å². The van der Waals surface area contributed by atoms with E-state index in [0.717, 1.165) is 6.07 Å². The number of halogens is 5. The Bertz CT molecular complexity index is 654. The monoisotopic (exact) mass is 303 g/mol. The lowest BCUT2D eigenvalue weighted by Crippen LogP contribution is -2.08. The van der Waals surface area contributed by atoms with Gasteiger partial charge in [0.05, 0.1) is 11.3 Å². The van der Waals surface area contributed by atoms with Crippen LogP contribution in [-0.4, -0.2) is 5.11 Å². The molecule has 7 heteroatoms. The minimum atomic E-state index is -4.59. The average Bonchev–Trinajstić information content (AvgIpc) is 2.40. The number of anilines is 1. The molecule has 0 aromatic heterocycles. The molecule has 112 valence electrons. The molecule has 0 unspecified atom stereocenters. The van der Waals surface area contributed by atoms with Crippen molar-refractivity contribution in [2.45, 2.75) is 12.7 Å². The van der Waals surface area contributed by atoms with Crippen LogP contribution in [0.2, 0.25) is 0 Å². The molecule has 0 aliphatic rings. The second-order valence-corrected chi connectivity index (χ2v) is 4.29. The quantitative estimate of drug-likeness (QED) is 0.829. The van der Waals surface area contributed by atoms with Crippen molar-refractivity contribution in [1.29, 1.82) is 0 Å². The third-order valence-electron chi connectivity index (χ3n) is 2.83. The van der Waals surface area contributed by atoms with E-state index < -0.39 is 29.1 Å². The number of phenols is 1. The second kappa shape index (κ2) is 5.59. The Morgan fingerprint density at radius 2 is 1.71 bits per heavy atom. The molecule has 2 nitrogen and oxygen atoms in total. The van der Waals surface area contributed by atoms with Crippen molar-refractivity contribution >= 4 is 5.69 Å². The summed E-state index contributed by atoms with van der Waals surface area (Å²) in [5, 5.41) is 11.8. The Balaban J connectivity index is 2.22. The van der Waals surface area contributed by atoms with Crippen molar-refractivity contribution in [2.24, 2.45) is 0 Å². The molecule has 21 heavy (non-hydrogen) atoms. The first kappa shape index (κ1) is 15.1. The highest BCUT2D eigenvalue weighted by Gasteiger charge is 2.31. The van der Waals surface area contributed by atoms with Crippen molar-refractivity contribution in [3.05, 3.63) is 59.2 Å². The first-order valence-corrected chi connectivity index (χ1v) is 5.86. The van der Waals surface area contributed by atoms with Gasteiger partial charge in [-0.05, 0) is 24.3 Å². The number of phenolic OH excluding ortho intramolecular Hbond substituents is 1. The number of alkyl halides is 3. The lowest BCUT2D eigenvalue weighted by molar-refractivity contribution is -0.137. The van der Waals surface area contributed by atoms with Crippen LogP contribution in [0.5, 0.6) is 5.75 Å².